The predicted octanol–water partition coefficient (Wildman–Crippen LogP) is 0.806. The van der Waals surface area contributed by atoms with E-state index in [0.29, 0.717) is 0 Å². The largest absolute Gasteiger partial charge is 2.00 e. The molecule has 0 amide bonds. The zero-order valence-corrected chi connectivity index (χ0v) is 10.8. The van der Waals surface area contributed by atoms with Gasteiger partial charge in [0.1, 0.15) is 0 Å². The van der Waals surface area contributed by atoms with Crippen molar-refractivity contribution >= 4 is 57.9 Å². The van der Waals surface area contributed by atoms with Crippen molar-refractivity contribution in [1.29, 1.82) is 0 Å². The molecule has 15 heavy (non-hydrogen) atoms. The summed E-state index contributed by atoms with van der Waals surface area (Å²) in [6, 6.07) is 0. The first-order chi connectivity index (χ1) is 4.83. The van der Waals surface area contributed by atoms with Gasteiger partial charge < -0.3 is 40.6 Å². The Morgan fingerprint density at radius 2 is 1.20 bits per heavy atom. The minimum absolute atomic E-state index is 0. The molecule has 92 valence electrons. The summed E-state index contributed by atoms with van der Waals surface area (Å²) in [7, 11) is -5.00. The first-order valence-electron chi connectivity index (χ1n) is 2.01. The fourth-order valence-electron chi connectivity index (χ4n) is 0.216. The van der Waals surface area contributed by atoms with Gasteiger partial charge in [0, 0.05) is 0 Å². The van der Waals surface area contributed by atoms with E-state index < -0.39 is 20.1 Å². The summed E-state index contributed by atoms with van der Waals surface area (Å²) in [6.45, 7) is 0. The molecule has 0 aliphatic rings. The van der Waals surface area contributed by atoms with Crippen molar-refractivity contribution in [3.63, 3.8) is 0 Å². The van der Waals surface area contributed by atoms with Crippen LogP contribution in [0, 0.1) is 0 Å². The van der Waals surface area contributed by atoms with Crippen LogP contribution < -0.4 is 18.5 Å². The maximum atomic E-state index is 10.2. The number of hydrogen-bond acceptors (Lipinski definition) is 8. The third-order valence-corrected chi connectivity index (χ3v) is 1.16. The maximum Gasteiger partial charge on any atom is 2.00 e. The van der Waals surface area contributed by atoms with Gasteiger partial charge in [0.2, 0.25) is 0 Å². The van der Waals surface area contributed by atoms with Crippen molar-refractivity contribution in [2.75, 3.05) is 0 Å². The molecule has 0 atom stereocenters. The monoisotopic (exact) mass is 279 g/mol. The van der Waals surface area contributed by atoms with Gasteiger partial charge >= 0.3 is 57.9 Å². The molecule has 0 rings (SSSR count). The van der Waals surface area contributed by atoms with Crippen LogP contribution in [0.1, 0.15) is 2.85 Å². The third-order valence-electron chi connectivity index (χ3n) is 0.387. The first kappa shape index (κ1) is 29.4. The first-order valence-corrected chi connectivity index (χ1v) is 3.51. The number of rotatable bonds is 2. The maximum absolute atomic E-state index is 10.2. The summed E-state index contributed by atoms with van der Waals surface area (Å²) < 4.78 is 16.5. The normalized spacial score (nSPS) is 7.53. The molecular formula is C2H14CaN3O8P. The van der Waals surface area contributed by atoms with E-state index in [0.717, 1.165) is 0 Å². The summed E-state index contributed by atoms with van der Waals surface area (Å²) in [6.07, 6.45) is -4.20. The third kappa shape index (κ3) is 20.1. The summed E-state index contributed by atoms with van der Waals surface area (Å²) in [5.74, 6) is 0. The zero-order chi connectivity index (χ0) is 9.07. The number of carbonyl (C=O) groups is 2. The molecule has 0 radical (unpaired) electrons. The quantitative estimate of drug-likeness (QED) is 0.305. The Morgan fingerprint density at radius 3 is 1.33 bits per heavy atom. The van der Waals surface area contributed by atoms with Crippen molar-refractivity contribution in [1.82, 2.24) is 18.5 Å². The number of phosphoric acid groups is 1. The Bertz CT molecular complexity index is 223. The van der Waals surface area contributed by atoms with Gasteiger partial charge in [0.15, 0.2) is 0 Å². The second kappa shape index (κ2) is 11.9. The van der Waals surface area contributed by atoms with Crippen LogP contribution in [0.3, 0.4) is 0 Å². The van der Waals surface area contributed by atoms with Gasteiger partial charge in [-0.25, -0.2) is 14.2 Å². The Kier molecular flexibility index (Phi) is 23.4. The minimum atomic E-state index is -5.00. The van der Waals surface area contributed by atoms with Crippen molar-refractivity contribution in [3.8, 4) is 0 Å². The smallest absolute Gasteiger partial charge is 1.00 e. The van der Waals surface area contributed by atoms with E-state index in [1.165, 1.54) is 0 Å². The topological polar surface area (TPSA) is 235 Å². The van der Waals surface area contributed by atoms with E-state index in [1.807, 2.05) is 0 Å². The number of phosphoric ester groups is 1. The Balaban J connectivity index is -0.0000000333. The molecule has 0 aromatic carbocycles. The zero-order valence-electron chi connectivity index (χ0n) is 9.66. The van der Waals surface area contributed by atoms with E-state index >= 15 is 0 Å². The van der Waals surface area contributed by atoms with Gasteiger partial charge in [0.25, 0.3) is 0 Å². The Morgan fingerprint density at radius 1 is 1.00 bits per heavy atom. The van der Waals surface area contributed by atoms with Crippen molar-refractivity contribution in [3.05, 3.63) is 0 Å². The van der Waals surface area contributed by atoms with Gasteiger partial charge in [0.05, 0.1) is 0 Å². The van der Waals surface area contributed by atoms with Gasteiger partial charge in [-0.15, -0.1) is 0 Å². The van der Waals surface area contributed by atoms with E-state index in [-0.39, 0.29) is 59.0 Å². The summed E-state index contributed by atoms with van der Waals surface area (Å²) in [5, 5.41) is 15.5. The summed E-state index contributed by atoms with van der Waals surface area (Å²) in [5.41, 5.74) is 0. The Hall–Kier alpha value is -0.130. The van der Waals surface area contributed by atoms with Crippen molar-refractivity contribution in [2.24, 2.45) is 0 Å². The van der Waals surface area contributed by atoms with Crippen LogP contribution in [0.25, 0.3) is 0 Å². The molecule has 13 heteroatoms. The molecule has 11 nitrogen and oxygen atoms in total. The molecule has 0 unspecified atom stereocenters. The summed E-state index contributed by atoms with van der Waals surface area (Å²) in [4.78, 5) is 27.3. The van der Waals surface area contributed by atoms with E-state index in [1.54, 1.807) is 0 Å². The SMILES string of the molecule is N.N.N.O=C(O)OP(=O)(O)OC(=O)O.[Ca+2].[H-].[H-]. The molecular weight excluding hydrogens is 265 g/mol. The van der Waals surface area contributed by atoms with E-state index in [2.05, 4.69) is 9.05 Å². The predicted molar refractivity (Wildman–Crippen MR) is 51.1 cm³/mol. The molecule has 0 spiro atoms. The molecule has 0 saturated carbocycles. The van der Waals surface area contributed by atoms with Gasteiger partial charge in [-0.1, -0.05) is 0 Å². The van der Waals surface area contributed by atoms with Crippen LogP contribution in [0.5, 0.6) is 0 Å². The molecule has 0 bridgehead atoms. The van der Waals surface area contributed by atoms with Crippen LogP contribution in [0.2, 0.25) is 0 Å². The average Bonchev–Trinajstić information content (AvgIpc) is 1.53. The van der Waals surface area contributed by atoms with Crippen LogP contribution in [-0.2, 0) is 13.6 Å². The molecule has 0 aliphatic carbocycles. The molecule has 0 fully saturated rings. The standard InChI is InChI=1S/C2H3O8P.Ca.3H3N.2H/c3-1(4)9-11(7,8)10-2(5)6;;;;;;/h(H,3,4)(H,5,6)(H,7,8);;3*1H3;;/q;+2;;;;2*-1. The fraction of sp³-hybridized carbons (Fsp3) is 0. The minimum Gasteiger partial charge on any atom is -1.00 e. The molecule has 0 heterocycles. The average molecular weight is 279 g/mol. The van der Waals surface area contributed by atoms with E-state index in [4.69, 9.17) is 15.1 Å². The number of carboxylic acid groups (broad SMARTS) is 2. The molecule has 0 aliphatic heterocycles. The fourth-order valence-corrected chi connectivity index (χ4v) is 0.648. The van der Waals surface area contributed by atoms with Crippen LogP contribution in [0.4, 0.5) is 9.59 Å². The second-order valence-electron chi connectivity index (χ2n) is 1.18. The van der Waals surface area contributed by atoms with Gasteiger partial charge in [-0.3, -0.25) is 4.89 Å². The molecule has 12 N–H and O–H groups in total. The van der Waals surface area contributed by atoms with Crippen molar-refractivity contribution in [2.45, 2.75) is 0 Å². The van der Waals surface area contributed by atoms with Crippen molar-refractivity contribution < 1.29 is 41.2 Å². The van der Waals surface area contributed by atoms with E-state index in [9.17, 15) is 14.2 Å². The van der Waals surface area contributed by atoms with Crippen LogP contribution >= 0.6 is 7.82 Å². The van der Waals surface area contributed by atoms with Gasteiger partial charge in [-0.05, 0) is 0 Å². The molecule has 0 aromatic heterocycles. The van der Waals surface area contributed by atoms with Crippen LogP contribution in [0.15, 0.2) is 0 Å². The Labute approximate surface area is 117 Å². The second-order valence-corrected chi connectivity index (χ2v) is 2.49. The van der Waals surface area contributed by atoms with Gasteiger partial charge in [-0.2, -0.15) is 0 Å². The summed E-state index contributed by atoms with van der Waals surface area (Å²) >= 11 is 0. The molecule has 0 aromatic rings. The molecule has 0 saturated heterocycles. The van der Waals surface area contributed by atoms with Crippen LogP contribution in [-0.4, -0.2) is 65.2 Å². The number of hydrogen-bond donors (Lipinski definition) is 6.